The quantitative estimate of drug-likeness (QED) is 0.423. The van der Waals surface area contributed by atoms with Crippen molar-refractivity contribution >= 4 is 27.7 Å². The second-order valence-corrected chi connectivity index (χ2v) is 10.3. The molecule has 1 aliphatic carbocycles. The van der Waals surface area contributed by atoms with Crippen LogP contribution in [0.5, 0.6) is 0 Å². The van der Waals surface area contributed by atoms with Gasteiger partial charge >= 0.3 is 16.3 Å². The maximum atomic E-state index is 13.1. The Morgan fingerprint density at radius 1 is 0.943 bits per heavy atom. The minimum atomic E-state index is -4.66. The number of amides is 1. The van der Waals surface area contributed by atoms with Crippen LogP contribution in [-0.4, -0.2) is 52.2 Å². The number of anilines is 2. The van der Waals surface area contributed by atoms with Gasteiger partial charge in [0.2, 0.25) is 0 Å². The molecule has 2 N–H and O–H groups in total. The lowest BCUT2D eigenvalue weighted by Gasteiger charge is -2.36. The van der Waals surface area contributed by atoms with Gasteiger partial charge in [-0.3, -0.25) is 0 Å². The summed E-state index contributed by atoms with van der Waals surface area (Å²) in [6, 6.07) is 21.2. The maximum absolute atomic E-state index is 13.1. The molecule has 0 unspecified atom stereocenters. The molecule has 182 valence electrons. The number of halogens is 1. The van der Waals surface area contributed by atoms with Crippen molar-refractivity contribution < 1.29 is 21.8 Å². The Labute approximate surface area is 204 Å². The molecule has 0 saturated carbocycles. The molecule has 35 heavy (non-hydrogen) atoms. The van der Waals surface area contributed by atoms with Crippen LogP contribution in [0.25, 0.3) is 11.1 Å². The van der Waals surface area contributed by atoms with Gasteiger partial charge in [-0.25, -0.2) is 4.79 Å². The first-order chi connectivity index (χ1) is 16.8. The number of piperazine rings is 1. The summed E-state index contributed by atoms with van der Waals surface area (Å²) in [6.07, 6.45) is -0.358. The lowest BCUT2D eigenvalue weighted by atomic mass is 9.98. The van der Waals surface area contributed by atoms with Gasteiger partial charge in [-0.15, -0.1) is 3.89 Å². The molecule has 5 rings (SSSR count). The fourth-order valence-corrected chi connectivity index (χ4v) is 5.56. The fraction of sp³-hybridized carbons (Fsp3) is 0.269. The molecule has 0 aromatic heterocycles. The molecule has 1 saturated heterocycles. The molecular formula is C26H26FN3O4S. The van der Waals surface area contributed by atoms with E-state index in [0.717, 1.165) is 0 Å². The summed E-state index contributed by atoms with van der Waals surface area (Å²) in [6.45, 7) is 2.21. The van der Waals surface area contributed by atoms with Gasteiger partial charge in [0.15, 0.2) is 0 Å². The smallest absolute Gasteiger partial charge is 0.409 e. The van der Waals surface area contributed by atoms with E-state index in [-0.39, 0.29) is 18.6 Å². The predicted molar refractivity (Wildman–Crippen MR) is 133 cm³/mol. The molecule has 0 radical (unpaired) electrons. The van der Waals surface area contributed by atoms with E-state index in [0.29, 0.717) is 43.1 Å². The summed E-state index contributed by atoms with van der Waals surface area (Å²) in [5.74, 6) is -0.713. The zero-order valence-corrected chi connectivity index (χ0v) is 19.9. The van der Waals surface area contributed by atoms with Crippen molar-refractivity contribution in [1.29, 1.82) is 0 Å². The molecule has 1 heterocycles. The van der Waals surface area contributed by atoms with Gasteiger partial charge in [0.1, 0.15) is 12.4 Å². The Balaban J connectivity index is 1.21. The molecule has 2 aliphatic rings. The van der Waals surface area contributed by atoms with Crippen LogP contribution in [0.1, 0.15) is 22.6 Å². The summed E-state index contributed by atoms with van der Waals surface area (Å²) >= 11 is 0. The Morgan fingerprint density at radius 2 is 1.54 bits per heavy atom. The van der Waals surface area contributed by atoms with E-state index in [4.69, 9.17) is 10.5 Å². The Hall–Kier alpha value is -3.59. The van der Waals surface area contributed by atoms with E-state index >= 15 is 0 Å². The van der Waals surface area contributed by atoms with Crippen molar-refractivity contribution in [2.24, 2.45) is 0 Å². The van der Waals surface area contributed by atoms with Gasteiger partial charge in [-0.2, -0.15) is 8.42 Å². The van der Waals surface area contributed by atoms with Gasteiger partial charge in [0.05, 0.1) is 0 Å². The summed E-state index contributed by atoms with van der Waals surface area (Å²) in [4.78, 5) is 16.5. The number of carbonyl (C=O) groups is 1. The lowest BCUT2D eigenvalue weighted by molar-refractivity contribution is 0.0977. The van der Waals surface area contributed by atoms with Gasteiger partial charge in [-0.1, -0.05) is 48.5 Å². The zero-order valence-electron chi connectivity index (χ0n) is 19.1. The molecule has 1 amide bonds. The first kappa shape index (κ1) is 23.2. The number of carbonyl (C=O) groups excluding carboxylic acids is 1. The summed E-state index contributed by atoms with van der Waals surface area (Å²) in [5, 5.41) is 0. The van der Waals surface area contributed by atoms with Crippen LogP contribution in [-0.2, 0) is 20.7 Å². The number of nitrogen functional groups attached to an aromatic ring is 1. The van der Waals surface area contributed by atoms with Gasteiger partial charge < -0.3 is 20.3 Å². The highest BCUT2D eigenvalue weighted by Crippen LogP contribution is 2.44. The van der Waals surface area contributed by atoms with E-state index in [9.17, 15) is 17.1 Å². The molecule has 0 spiro atoms. The summed E-state index contributed by atoms with van der Waals surface area (Å²) in [7, 11) is -4.66. The van der Waals surface area contributed by atoms with Crippen molar-refractivity contribution in [3.8, 4) is 11.1 Å². The topological polar surface area (TPSA) is 92.9 Å². The summed E-state index contributed by atoms with van der Waals surface area (Å²) < 4.78 is 40.9. The standard InChI is InChI=1S/C26H26FN3O4S/c27-35(32,33)17-18-13-19(28)15-20(14-18)29-9-11-30(12-10-29)26(31)34-16-25-23-7-3-1-5-21(23)22-6-2-4-8-24(22)25/h1-8,13-15,25H,9-12,16-17,28H2. The number of fused-ring (bicyclic) bond motifs is 3. The predicted octanol–water partition coefficient (Wildman–Crippen LogP) is 4.14. The molecule has 0 bridgehead atoms. The highest BCUT2D eigenvalue weighted by atomic mass is 32.3. The third-order valence-corrected chi connectivity index (χ3v) is 7.26. The monoisotopic (exact) mass is 495 g/mol. The molecule has 3 aromatic rings. The number of nitrogens with two attached hydrogens (primary N) is 1. The third-order valence-electron chi connectivity index (χ3n) is 6.58. The second kappa shape index (κ2) is 9.22. The first-order valence-corrected chi connectivity index (χ1v) is 13.0. The van der Waals surface area contributed by atoms with Crippen LogP contribution in [0.3, 0.4) is 0 Å². The van der Waals surface area contributed by atoms with Crippen molar-refractivity contribution in [2.75, 3.05) is 43.4 Å². The van der Waals surface area contributed by atoms with Gasteiger partial charge in [0.25, 0.3) is 0 Å². The Morgan fingerprint density at radius 3 is 2.14 bits per heavy atom. The number of hydrogen-bond acceptors (Lipinski definition) is 6. The molecule has 0 atom stereocenters. The van der Waals surface area contributed by atoms with Crippen LogP contribution in [0.2, 0.25) is 0 Å². The lowest BCUT2D eigenvalue weighted by Crippen LogP contribution is -2.49. The van der Waals surface area contributed by atoms with E-state index in [1.807, 2.05) is 29.2 Å². The van der Waals surface area contributed by atoms with Gasteiger partial charge in [-0.05, 0) is 46.0 Å². The normalized spacial score (nSPS) is 15.6. The van der Waals surface area contributed by atoms with Crippen LogP contribution >= 0.6 is 0 Å². The number of ether oxygens (including phenoxy) is 1. The van der Waals surface area contributed by atoms with Crippen LogP contribution in [0.4, 0.5) is 20.1 Å². The third kappa shape index (κ3) is 4.95. The molecule has 1 aliphatic heterocycles. The van der Waals surface area contributed by atoms with E-state index < -0.39 is 16.0 Å². The number of nitrogens with zero attached hydrogens (tertiary/aromatic N) is 2. The van der Waals surface area contributed by atoms with Crippen molar-refractivity contribution in [3.63, 3.8) is 0 Å². The van der Waals surface area contributed by atoms with Crippen LogP contribution in [0.15, 0.2) is 66.7 Å². The maximum Gasteiger partial charge on any atom is 0.409 e. The molecular weight excluding hydrogens is 469 g/mol. The average molecular weight is 496 g/mol. The van der Waals surface area contributed by atoms with E-state index in [1.165, 1.54) is 28.3 Å². The number of rotatable bonds is 5. The SMILES string of the molecule is Nc1cc(CS(=O)(=O)F)cc(N2CCN(C(=O)OCC3c4ccccc4-c4ccccc43)CC2)c1. The molecule has 9 heteroatoms. The van der Waals surface area contributed by atoms with Crippen LogP contribution < -0.4 is 10.6 Å². The van der Waals surface area contributed by atoms with Crippen LogP contribution in [0, 0.1) is 0 Å². The zero-order chi connectivity index (χ0) is 24.6. The fourth-order valence-electron chi connectivity index (χ4n) is 5.00. The highest BCUT2D eigenvalue weighted by molar-refractivity contribution is 7.85. The van der Waals surface area contributed by atoms with Crippen molar-refractivity contribution in [3.05, 3.63) is 83.4 Å². The second-order valence-electron chi connectivity index (χ2n) is 8.89. The highest BCUT2D eigenvalue weighted by Gasteiger charge is 2.30. The first-order valence-electron chi connectivity index (χ1n) is 11.4. The number of benzene rings is 3. The summed E-state index contributed by atoms with van der Waals surface area (Å²) in [5.41, 5.74) is 12.0. The number of hydrogen-bond donors (Lipinski definition) is 1. The minimum absolute atomic E-state index is 0.00476. The Bertz CT molecular complexity index is 1330. The molecule has 7 nitrogen and oxygen atoms in total. The largest absolute Gasteiger partial charge is 0.448 e. The molecule has 3 aromatic carbocycles. The Kier molecular flexibility index (Phi) is 6.10. The van der Waals surface area contributed by atoms with Gasteiger partial charge in [0, 0.05) is 43.5 Å². The van der Waals surface area contributed by atoms with E-state index in [2.05, 4.69) is 24.3 Å². The van der Waals surface area contributed by atoms with E-state index in [1.54, 1.807) is 17.0 Å². The van der Waals surface area contributed by atoms with Crippen molar-refractivity contribution in [2.45, 2.75) is 11.7 Å². The minimum Gasteiger partial charge on any atom is -0.448 e. The van der Waals surface area contributed by atoms with Crippen molar-refractivity contribution in [1.82, 2.24) is 4.90 Å². The molecule has 1 fully saturated rings. The average Bonchev–Trinajstić information content (AvgIpc) is 3.15.